The predicted molar refractivity (Wildman–Crippen MR) is 72.0 cm³/mol. The van der Waals surface area contributed by atoms with Crippen LogP contribution < -0.4 is 10.0 Å². The summed E-state index contributed by atoms with van der Waals surface area (Å²) < 4.78 is 26.6. The third kappa shape index (κ3) is 3.77. The zero-order valence-corrected chi connectivity index (χ0v) is 11.4. The molecule has 1 aromatic carbocycles. The van der Waals surface area contributed by atoms with Crippen molar-refractivity contribution in [2.75, 3.05) is 13.1 Å². The van der Waals surface area contributed by atoms with Gasteiger partial charge in [0.25, 0.3) is 0 Å². The fraction of sp³-hybridized carbons (Fsp3) is 0.462. The normalized spacial score (nSPS) is 19.2. The molecule has 5 nitrogen and oxygen atoms in total. The number of benzene rings is 1. The van der Waals surface area contributed by atoms with Crippen molar-refractivity contribution in [3.8, 4) is 6.07 Å². The van der Waals surface area contributed by atoms with E-state index in [1.54, 1.807) is 0 Å². The Morgan fingerprint density at radius 1 is 1.37 bits per heavy atom. The molecule has 0 bridgehead atoms. The Bertz CT molecular complexity index is 555. The van der Waals surface area contributed by atoms with E-state index in [1.165, 1.54) is 24.3 Å². The minimum atomic E-state index is -3.46. The molecule has 6 heteroatoms. The third-order valence-corrected chi connectivity index (χ3v) is 4.72. The quantitative estimate of drug-likeness (QED) is 0.841. The van der Waals surface area contributed by atoms with Crippen LogP contribution in [-0.4, -0.2) is 27.5 Å². The van der Waals surface area contributed by atoms with E-state index in [4.69, 9.17) is 5.26 Å². The molecule has 1 atom stereocenters. The number of hydrogen-bond acceptors (Lipinski definition) is 4. The van der Waals surface area contributed by atoms with Crippen LogP contribution in [0.5, 0.6) is 0 Å². The van der Waals surface area contributed by atoms with E-state index < -0.39 is 10.0 Å². The molecule has 1 aromatic rings. The number of nitrogens with one attached hydrogen (secondary N) is 2. The van der Waals surface area contributed by atoms with Gasteiger partial charge in [-0.3, -0.25) is 0 Å². The topological polar surface area (TPSA) is 82.0 Å². The first kappa shape index (κ1) is 14.0. The Morgan fingerprint density at radius 3 is 2.68 bits per heavy atom. The first-order valence-electron chi connectivity index (χ1n) is 6.35. The summed E-state index contributed by atoms with van der Waals surface area (Å²) >= 11 is 0. The van der Waals surface area contributed by atoms with Gasteiger partial charge >= 0.3 is 0 Å². The highest BCUT2D eigenvalue weighted by Crippen LogP contribution is 2.11. The molecule has 0 spiro atoms. The van der Waals surface area contributed by atoms with Gasteiger partial charge in [-0.25, -0.2) is 13.1 Å². The molecule has 2 rings (SSSR count). The van der Waals surface area contributed by atoms with Gasteiger partial charge in [0.05, 0.1) is 16.5 Å². The second-order valence-corrected chi connectivity index (χ2v) is 6.38. The lowest BCUT2D eigenvalue weighted by Gasteiger charge is -2.11. The van der Waals surface area contributed by atoms with Crippen molar-refractivity contribution >= 4 is 10.0 Å². The van der Waals surface area contributed by atoms with E-state index in [9.17, 15) is 8.42 Å². The molecule has 2 N–H and O–H groups in total. The maximum absolute atomic E-state index is 12.0. The molecule has 19 heavy (non-hydrogen) atoms. The van der Waals surface area contributed by atoms with Crippen LogP contribution in [0.2, 0.25) is 0 Å². The molecule has 1 aliphatic heterocycles. The van der Waals surface area contributed by atoms with Gasteiger partial charge in [-0.15, -0.1) is 0 Å². The highest BCUT2D eigenvalue weighted by Gasteiger charge is 2.17. The summed E-state index contributed by atoms with van der Waals surface area (Å²) in [6.07, 6.45) is 3.07. The molecule has 1 heterocycles. The lowest BCUT2D eigenvalue weighted by Crippen LogP contribution is -2.30. The van der Waals surface area contributed by atoms with Crippen molar-refractivity contribution < 1.29 is 8.42 Å². The van der Waals surface area contributed by atoms with Crippen LogP contribution in [0, 0.1) is 11.3 Å². The summed E-state index contributed by atoms with van der Waals surface area (Å²) in [6, 6.07) is 8.30. The van der Waals surface area contributed by atoms with Gasteiger partial charge in [-0.1, -0.05) is 0 Å². The smallest absolute Gasteiger partial charge is 0.240 e. The maximum Gasteiger partial charge on any atom is 0.240 e. The van der Waals surface area contributed by atoms with Crippen molar-refractivity contribution in [2.24, 2.45) is 0 Å². The average molecular weight is 279 g/mol. The second-order valence-electron chi connectivity index (χ2n) is 4.62. The Hall–Kier alpha value is -1.42. The number of rotatable bonds is 5. The summed E-state index contributed by atoms with van der Waals surface area (Å²) in [5.74, 6) is 0. The van der Waals surface area contributed by atoms with Crippen LogP contribution in [0.3, 0.4) is 0 Å². The fourth-order valence-electron chi connectivity index (χ4n) is 2.16. The number of nitriles is 1. The van der Waals surface area contributed by atoms with Crippen molar-refractivity contribution in [3.05, 3.63) is 29.8 Å². The maximum atomic E-state index is 12.0. The SMILES string of the molecule is N#Cc1ccc(S(=O)(=O)NCC[C@@H]2CCCN2)cc1. The number of hydrogen-bond donors (Lipinski definition) is 2. The van der Waals surface area contributed by atoms with Crippen molar-refractivity contribution in [3.63, 3.8) is 0 Å². The Balaban J connectivity index is 1.91. The molecule has 0 radical (unpaired) electrons. The van der Waals surface area contributed by atoms with Crippen LogP contribution >= 0.6 is 0 Å². The lowest BCUT2D eigenvalue weighted by atomic mass is 10.2. The molecule has 0 aliphatic carbocycles. The lowest BCUT2D eigenvalue weighted by molar-refractivity contribution is 0.539. The minimum absolute atomic E-state index is 0.200. The highest BCUT2D eigenvalue weighted by atomic mass is 32.2. The second kappa shape index (κ2) is 6.15. The monoisotopic (exact) mass is 279 g/mol. The van der Waals surface area contributed by atoms with Crippen molar-refractivity contribution in [1.29, 1.82) is 5.26 Å². The fourth-order valence-corrected chi connectivity index (χ4v) is 3.21. The molecule has 1 saturated heterocycles. The Kier molecular flexibility index (Phi) is 4.53. The standard InChI is InChI=1S/C13H17N3O2S/c14-10-11-3-5-13(6-4-11)19(17,18)16-9-7-12-2-1-8-15-12/h3-6,12,15-16H,1-2,7-9H2/t12-/m0/s1. The summed E-state index contributed by atoms with van der Waals surface area (Å²) in [4.78, 5) is 0.200. The number of sulfonamides is 1. The van der Waals surface area contributed by atoms with Gasteiger partial charge in [-0.05, 0) is 50.1 Å². The average Bonchev–Trinajstić information content (AvgIpc) is 2.92. The van der Waals surface area contributed by atoms with Crippen molar-refractivity contribution in [1.82, 2.24) is 10.0 Å². The van der Waals surface area contributed by atoms with Crippen LogP contribution in [0.4, 0.5) is 0 Å². The predicted octanol–water partition coefficient (Wildman–Crippen LogP) is 0.979. The van der Waals surface area contributed by atoms with E-state index >= 15 is 0 Å². The minimum Gasteiger partial charge on any atom is -0.314 e. The van der Waals surface area contributed by atoms with Crippen LogP contribution in [0.1, 0.15) is 24.8 Å². The summed E-state index contributed by atoms with van der Waals surface area (Å²) in [5, 5.41) is 12.0. The van der Waals surface area contributed by atoms with Gasteiger partial charge in [-0.2, -0.15) is 5.26 Å². The Labute approximate surface area is 113 Å². The van der Waals surface area contributed by atoms with E-state index in [0.29, 0.717) is 18.2 Å². The molecule has 0 amide bonds. The molecular formula is C13H17N3O2S. The van der Waals surface area contributed by atoms with Gasteiger partial charge < -0.3 is 5.32 Å². The molecular weight excluding hydrogens is 262 g/mol. The van der Waals surface area contributed by atoms with Crippen LogP contribution in [0.15, 0.2) is 29.2 Å². The van der Waals surface area contributed by atoms with Gasteiger partial charge in [0.15, 0.2) is 0 Å². The first-order valence-corrected chi connectivity index (χ1v) is 7.83. The first-order chi connectivity index (χ1) is 9.12. The molecule has 102 valence electrons. The van der Waals surface area contributed by atoms with Crippen LogP contribution in [0.25, 0.3) is 0 Å². The van der Waals surface area contributed by atoms with E-state index in [1.807, 2.05) is 6.07 Å². The zero-order chi connectivity index (χ0) is 13.7. The van der Waals surface area contributed by atoms with Gasteiger partial charge in [0, 0.05) is 12.6 Å². The summed E-state index contributed by atoms with van der Waals surface area (Å²) in [7, 11) is -3.46. The molecule has 1 fully saturated rings. The summed E-state index contributed by atoms with van der Waals surface area (Å²) in [6.45, 7) is 1.45. The highest BCUT2D eigenvalue weighted by molar-refractivity contribution is 7.89. The largest absolute Gasteiger partial charge is 0.314 e. The van der Waals surface area contributed by atoms with E-state index in [2.05, 4.69) is 10.0 Å². The number of nitrogens with zero attached hydrogens (tertiary/aromatic N) is 1. The molecule has 0 aromatic heterocycles. The van der Waals surface area contributed by atoms with Gasteiger partial charge in [0.1, 0.15) is 0 Å². The van der Waals surface area contributed by atoms with Gasteiger partial charge in [0.2, 0.25) is 10.0 Å². The molecule has 1 aliphatic rings. The summed E-state index contributed by atoms with van der Waals surface area (Å²) in [5.41, 5.74) is 0.453. The van der Waals surface area contributed by atoms with E-state index in [0.717, 1.165) is 25.8 Å². The van der Waals surface area contributed by atoms with E-state index in [-0.39, 0.29) is 4.90 Å². The molecule has 0 unspecified atom stereocenters. The van der Waals surface area contributed by atoms with Crippen LogP contribution in [-0.2, 0) is 10.0 Å². The zero-order valence-electron chi connectivity index (χ0n) is 10.6. The van der Waals surface area contributed by atoms with Crippen molar-refractivity contribution in [2.45, 2.75) is 30.2 Å². The Morgan fingerprint density at radius 2 is 2.11 bits per heavy atom. The molecule has 0 saturated carbocycles. The third-order valence-electron chi connectivity index (χ3n) is 3.24.